The van der Waals surface area contributed by atoms with Crippen molar-refractivity contribution in [1.29, 1.82) is 0 Å². The van der Waals surface area contributed by atoms with Gasteiger partial charge < -0.3 is 10.3 Å². The number of aryl methyl sites for hydroxylation is 1. The highest BCUT2D eigenvalue weighted by Crippen LogP contribution is 2.25. The second-order valence-corrected chi connectivity index (χ2v) is 3.49. The first-order valence-electron chi connectivity index (χ1n) is 4.15. The number of nitrogens with two attached hydrogens (primary N) is 1. The second-order valence-electron chi connectivity index (χ2n) is 3.08. The highest BCUT2D eigenvalue weighted by molar-refractivity contribution is 6.31. The van der Waals surface area contributed by atoms with Crippen LogP contribution >= 0.6 is 11.6 Å². The van der Waals surface area contributed by atoms with E-state index in [0.717, 1.165) is 16.1 Å². The summed E-state index contributed by atoms with van der Waals surface area (Å²) in [4.78, 5) is 0. The molecule has 0 saturated heterocycles. The summed E-state index contributed by atoms with van der Waals surface area (Å²) in [7, 11) is 0. The fourth-order valence-corrected chi connectivity index (χ4v) is 1.34. The number of nitrogen functional groups attached to an aromatic ring is 1. The standard InChI is InChI=1S/C10H9ClN2O/c1-6-4-7(2-3-8(6)11)9-5-10(12)13-14-9/h2-5H,1H3,(H2,12,13). The second kappa shape index (κ2) is 3.35. The third-order valence-electron chi connectivity index (χ3n) is 1.97. The van der Waals surface area contributed by atoms with Crippen LogP contribution in [0.15, 0.2) is 28.8 Å². The first-order valence-corrected chi connectivity index (χ1v) is 4.53. The third-order valence-corrected chi connectivity index (χ3v) is 2.39. The van der Waals surface area contributed by atoms with E-state index in [2.05, 4.69) is 5.16 Å². The predicted molar refractivity (Wildman–Crippen MR) is 56.1 cm³/mol. The van der Waals surface area contributed by atoms with Crippen LogP contribution in [0, 0.1) is 6.92 Å². The van der Waals surface area contributed by atoms with E-state index in [-0.39, 0.29) is 0 Å². The van der Waals surface area contributed by atoms with Crippen molar-refractivity contribution in [2.24, 2.45) is 0 Å². The molecule has 2 rings (SSSR count). The van der Waals surface area contributed by atoms with Crippen molar-refractivity contribution < 1.29 is 4.52 Å². The molecule has 4 heteroatoms. The normalized spacial score (nSPS) is 10.4. The lowest BCUT2D eigenvalue weighted by Crippen LogP contribution is -1.80. The molecule has 1 aromatic carbocycles. The van der Waals surface area contributed by atoms with Gasteiger partial charge in [-0.15, -0.1) is 0 Å². The van der Waals surface area contributed by atoms with Gasteiger partial charge in [0.25, 0.3) is 0 Å². The van der Waals surface area contributed by atoms with Crippen molar-refractivity contribution >= 4 is 17.4 Å². The summed E-state index contributed by atoms with van der Waals surface area (Å²) < 4.78 is 5.03. The van der Waals surface area contributed by atoms with Crippen LogP contribution in [0.25, 0.3) is 11.3 Å². The minimum absolute atomic E-state index is 0.382. The van der Waals surface area contributed by atoms with Crippen LogP contribution in [-0.2, 0) is 0 Å². The Morgan fingerprint density at radius 3 is 2.71 bits per heavy atom. The maximum Gasteiger partial charge on any atom is 0.169 e. The van der Waals surface area contributed by atoms with E-state index in [4.69, 9.17) is 21.9 Å². The van der Waals surface area contributed by atoms with E-state index >= 15 is 0 Å². The molecule has 0 saturated carbocycles. The van der Waals surface area contributed by atoms with Crippen molar-refractivity contribution in [3.8, 4) is 11.3 Å². The quantitative estimate of drug-likeness (QED) is 0.784. The SMILES string of the molecule is Cc1cc(-c2cc(N)no2)ccc1Cl. The summed E-state index contributed by atoms with van der Waals surface area (Å²) in [6, 6.07) is 7.31. The highest BCUT2D eigenvalue weighted by Gasteiger charge is 2.05. The Morgan fingerprint density at radius 2 is 2.14 bits per heavy atom. The molecule has 0 radical (unpaired) electrons. The zero-order valence-electron chi connectivity index (χ0n) is 7.62. The summed E-state index contributed by atoms with van der Waals surface area (Å²) in [5.41, 5.74) is 7.38. The predicted octanol–water partition coefficient (Wildman–Crippen LogP) is 2.89. The van der Waals surface area contributed by atoms with Gasteiger partial charge in [0.15, 0.2) is 11.6 Å². The molecule has 0 aliphatic heterocycles. The molecule has 72 valence electrons. The maximum atomic E-state index is 5.90. The average Bonchev–Trinajstić information content (AvgIpc) is 2.57. The van der Waals surface area contributed by atoms with E-state index in [1.807, 2.05) is 25.1 Å². The topological polar surface area (TPSA) is 52.0 Å². The number of halogens is 1. The zero-order valence-corrected chi connectivity index (χ0v) is 8.38. The van der Waals surface area contributed by atoms with Gasteiger partial charge in [-0.2, -0.15) is 0 Å². The molecular weight excluding hydrogens is 200 g/mol. The Hall–Kier alpha value is -1.48. The molecule has 0 aliphatic rings. The largest absolute Gasteiger partial charge is 0.381 e. The van der Waals surface area contributed by atoms with Crippen LogP contribution < -0.4 is 5.73 Å². The molecule has 0 amide bonds. The molecule has 3 nitrogen and oxygen atoms in total. The van der Waals surface area contributed by atoms with Gasteiger partial charge in [-0.05, 0) is 30.7 Å². The van der Waals surface area contributed by atoms with Crippen LogP contribution in [0.2, 0.25) is 5.02 Å². The summed E-state index contributed by atoms with van der Waals surface area (Å²) in [6.45, 7) is 1.94. The monoisotopic (exact) mass is 208 g/mol. The molecule has 0 unspecified atom stereocenters. The van der Waals surface area contributed by atoms with E-state index in [0.29, 0.717) is 11.6 Å². The molecular formula is C10H9ClN2O. The molecule has 14 heavy (non-hydrogen) atoms. The van der Waals surface area contributed by atoms with Gasteiger partial charge in [-0.1, -0.05) is 16.8 Å². The third kappa shape index (κ3) is 1.59. The van der Waals surface area contributed by atoms with Crippen molar-refractivity contribution in [2.45, 2.75) is 6.92 Å². The van der Waals surface area contributed by atoms with Crippen LogP contribution in [0.1, 0.15) is 5.56 Å². The lowest BCUT2D eigenvalue weighted by atomic mass is 10.1. The summed E-state index contributed by atoms with van der Waals surface area (Å²) in [5, 5.41) is 4.35. The van der Waals surface area contributed by atoms with Gasteiger partial charge in [0.05, 0.1) is 0 Å². The number of anilines is 1. The first kappa shape index (κ1) is 9.09. The molecule has 0 bridgehead atoms. The number of nitrogens with zero attached hydrogens (tertiary/aromatic N) is 1. The van der Waals surface area contributed by atoms with E-state index in [9.17, 15) is 0 Å². The van der Waals surface area contributed by atoms with Crippen LogP contribution in [0.3, 0.4) is 0 Å². The number of rotatable bonds is 1. The minimum atomic E-state index is 0.382. The summed E-state index contributed by atoms with van der Waals surface area (Å²) >= 11 is 5.90. The Bertz CT molecular complexity index is 465. The summed E-state index contributed by atoms with van der Waals surface area (Å²) in [5.74, 6) is 1.04. The fraction of sp³-hybridized carbons (Fsp3) is 0.100. The van der Waals surface area contributed by atoms with Gasteiger partial charge >= 0.3 is 0 Å². The Balaban J connectivity index is 2.47. The van der Waals surface area contributed by atoms with Crippen molar-refractivity contribution in [2.75, 3.05) is 5.73 Å². The Morgan fingerprint density at radius 1 is 1.36 bits per heavy atom. The number of aromatic nitrogens is 1. The lowest BCUT2D eigenvalue weighted by Gasteiger charge is -1.99. The molecule has 0 spiro atoms. The highest BCUT2D eigenvalue weighted by atomic mass is 35.5. The van der Waals surface area contributed by atoms with Crippen LogP contribution in [0.5, 0.6) is 0 Å². The Kier molecular flexibility index (Phi) is 2.17. The van der Waals surface area contributed by atoms with E-state index in [1.165, 1.54) is 0 Å². The molecule has 2 aromatic rings. The number of benzene rings is 1. The van der Waals surface area contributed by atoms with Crippen LogP contribution in [0.4, 0.5) is 5.82 Å². The molecule has 2 N–H and O–H groups in total. The van der Waals surface area contributed by atoms with Crippen molar-refractivity contribution in [1.82, 2.24) is 5.16 Å². The van der Waals surface area contributed by atoms with Crippen LogP contribution in [-0.4, -0.2) is 5.16 Å². The molecule has 0 atom stereocenters. The molecule has 0 fully saturated rings. The Labute approximate surface area is 86.5 Å². The van der Waals surface area contributed by atoms with Gasteiger partial charge in [-0.3, -0.25) is 0 Å². The van der Waals surface area contributed by atoms with Crippen molar-refractivity contribution in [3.63, 3.8) is 0 Å². The minimum Gasteiger partial charge on any atom is -0.381 e. The first-order chi connectivity index (χ1) is 6.66. The maximum absolute atomic E-state index is 5.90. The smallest absolute Gasteiger partial charge is 0.169 e. The molecule has 1 aromatic heterocycles. The van der Waals surface area contributed by atoms with E-state index < -0.39 is 0 Å². The average molecular weight is 209 g/mol. The number of hydrogen-bond acceptors (Lipinski definition) is 3. The van der Waals surface area contributed by atoms with Crippen molar-refractivity contribution in [3.05, 3.63) is 34.9 Å². The van der Waals surface area contributed by atoms with Gasteiger partial charge in [-0.25, -0.2) is 0 Å². The summed E-state index contributed by atoms with van der Waals surface area (Å²) in [6.07, 6.45) is 0. The van der Waals surface area contributed by atoms with Gasteiger partial charge in [0.2, 0.25) is 0 Å². The fourth-order valence-electron chi connectivity index (χ4n) is 1.22. The van der Waals surface area contributed by atoms with Gasteiger partial charge in [0.1, 0.15) is 0 Å². The lowest BCUT2D eigenvalue weighted by molar-refractivity contribution is 0.436. The van der Waals surface area contributed by atoms with E-state index in [1.54, 1.807) is 6.07 Å². The molecule has 0 aliphatic carbocycles. The number of hydrogen-bond donors (Lipinski definition) is 1. The van der Waals surface area contributed by atoms with Gasteiger partial charge in [0, 0.05) is 16.7 Å². The molecule has 1 heterocycles. The zero-order chi connectivity index (χ0) is 10.1.